The van der Waals surface area contributed by atoms with Crippen LogP contribution in [0.15, 0.2) is 59.3 Å². The molecule has 1 aromatic carbocycles. The van der Waals surface area contributed by atoms with Crippen LogP contribution in [0, 0.1) is 0 Å². The first-order valence-electron chi connectivity index (χ1n) is 8.80. The number of rotatable bonds is 2. The Kier molecular flexibility index (Phi) is 3.07. The first-order chi connectivity index (χ1) is 12.5. The predicted octanol–water partition coefficient (Wildman–Crippen LogP) is 3.66. The molecule has 0 atom stereocenters. The molecular weight excluding hydrogens is 323 g/mol. The number of furan rings is 1. The van der Waals surface area contributed by atoms with E-state index < -0.39 is 0 Å². The van der Waals surface area contributed by atoms with Crippen LogP contribution in [0.3, 0.4) is 0 Å². The number of aromatic nitrogens is 2. The second kappa shape index (κ2) is 5.24. The van der Waals surface area contributed by atoms with E-state index in [9.17, 15) is 0 Å². The monoisotopic (exact) mass is 342 g/mol. The zero-order valence-electron chi connectivity index (χ0n) is 15.1. The van der Waals surface area contributed by atoms with Crippen molar-refractivity contribution >= 4 is 47.1 Å². The number of fused-ring (bicyclic) bond motifs is 4. The minimum absolute atomic E-state index is 0.00410. The molecule has 6 heteroatoms. The number of anilines is 3. The minimum Gasteiger partial charge on any atom is -0.436 e. The first-order valence-corrected chi connectivity index (χ1v) is 8.80. The second-order valence-electron chi connectivity index (χ2n) is 7.63. The molecule has 4 aromatic rings. The fourth-order valence-corrected chi connectivity index (χ4v) is 3.69. The quantitative estimate of drug-likeness (QED) is 0.520. The summed E-state index contributed by atoms with van der Waals surface area (Å²) in [5, 5.41) is 2.12. The highest BCUT2D eigenvalue weighted by Gasteiger charge is 2.35. The molecule has 0 fully saturated rings. The molecule has 0 amide bonds. The van der Waals surface area contributed by atoms with Crippen molar-refractivity contribution in [2.24, 2.45) is 0 Å². The summed E-state index contributed by atoms with van der Waals surface area (Å²) in [4.78, 5) is 13.6. The van der Waals surface area contributed by atoms with E-state index in [-0.39, 0.29) is 5.44 Å². The highest BCUT2D eigenvalue weighted by molar-refractivity contribution is 6.17. The summed E-state index contributed by atoms with van der Waals surface area (Å²) in [7, 11) is 2.22. The lowest BCUT2D eigenvalue weighted by molar-refractivity contribution is 0.636. The Balaban J connectivity index is 1.74. The maximum absolute atomic E-state index is 6.13. The Morgan fingerprint density at radius 2 is 1.69 bits per heavy atom. The van der Waals surface area contributed by atoms with Crippen LogP contribution in [-0.2, 0) is 0 Å². The van der Waals surface area contributed by atoms with Crippen molar-refractivity contribution in [1.82, 2.24) is 9.97 Å². The Hall–Kier alpha value is -3.02. The van der Waals surface area contributed by atoms with Crippen molar-refractivity contribution in [2.45, 2.75) is 19.3 Å². The normalized spacial score (nSPS) is 14.4. The maximum atomic E-state index is 6.13. The van der Waals surface area contributed by atoms with Gasteiger partial charge >= 0.3 is 0 Å². The number of benzene rings is 1. The zero-order valence-corrected chi connectivity index (χ0v) is 15.1. The number of hydrogen-bond donors (Lipinski definition) is 0. The highest BCUT2D eigenvalue weighted by Crippen LogP contribution is 2.44. The van der Waals surface area contributed by atoms with E-state index in [1.165, 1.54) is 0 Å². The maximum Gasteiger partial charge on any atom is 0.227 e. The molecule has 128 valence electrons. The van der Waals surface area contributed by atoms with Gasteiger partial charge in [0.1, 0.15) is 7.85 Å². The standard InChI is InChI=1S/C20H19BN4O/c1-20(2,21)25-12-24(18-16(25)9-5-10-22-18)15-8-3-6-13-14-7-4-11-23-19(14)26-17(13)15/h3-11H,12,21H2,1-2H3. The fourth-order valence-electron chi connectivity index (χ4n) is 3.69. The van der Waals surface area contributed by atoms with Gasteiger partial charge in [-0.3, -0.25) is 0 Å². The molecule has 26 heavy (non-hydrogen) atoms. The lowest BCUT2D eigenvalue weighted by Crippen LogP contribution is -2.45. The van der Waals surface area contributed by atoms with E-state index in [0.717, 1.165) is 40.2 Å². The summed E-state index contributed by atoms with van der Waals surface area (Å²) in [5.74, 6) is 0.961. The lowest BCUT2D eigenvalue weighted by atomic mass is 9.80. The average molecular weight is 342 g/mol. The number of nitrogens with zero attached hydrogens (tertiary/aromatic N) is 4. The third-order valence-electron chi connectivity index (χ3n) is 4.95. The van der Waals surface area contributed by atoms with Gasteiger partial charge in [-0.25, -0.2) is 9.97 Å². The molecule has 0 bridgehead atoms. The highest BCUT2D eigenvalue weighted by atomic mass is 16.3. The molecule has 0 unspecified atom stereocenters. The van der Waals surface area contributed by atoms with E-state index in [1.54, 1.807) is 6.20 Å². The summed E-state index contributed by atoms with van der Waals surface area (Å²) < 4.78 is 6.13. The molecule has 0 saturated heterocycles. The van der Waals surface area contributed by atoms with Crippen molar-refractivity contribution in [1.29, 1.82) is 0 Å². The van der Waals surface area contributed by atoms with Crippen LogP contribution in [-0.4, -0.2) is 29.9 Å². The van der Waals surface area contributed by atoms with E-state index in [2.05, 4.69) is 71.8 Å². The Morgan fingerprint density at radius 1 is 0.962 bits per heavy atom. The van der Waals surface area contributed by atoms with Gasteiger partial charge in [-0.15, -0.1) is 0 Å². The van der Waals surface area contributed by atoms with E-state index in [4.69, 9.17) is 4.42 Å². The van der Waals surface area contributed by atoms with Gasteiger partial charge in [0.2, 0.25) is 5.71 Å². The smallest absolute Gasteiger partial charge is 0.227 e. The molecule has 0 saturated carbocycles. The van der Waals surface area contributed by atoms with Crippen LogP contribution in [0.4, 0.5) is 17.2 Å². The third kappa shape index (κ3) is 2.11. The van der Waals surface area contributed by atoms with Gasteiger partial charge < -0.3 is 14.2 Å². The van der Waals surface area contributed by atoms with Crippen LogP contribution in [0.1, 0.15) is 13.8 Å². The van der Waals surface area contributed by atoms with Crippen molar-refractivity contribution in [3.05, 3.63) is 54.9 Å². The van der Waals surface area contributed by atoms with Crippen molar-refractivity contribution in [3.63, 3.8) is 0 Å². The Bertz CT molecular complexity index is 1130. The first kappa shape index (κ1) is 15.3. The number of hydrogen-bond acceptors (Lipinski definition) is 5. The van der Waals surface area contributed by atoms with Crippen molar-refractivity contribution in [2.75, 3.05) is 16.5 Å². The molecule has 0 radical (unpaired) electrons. The van der Waals surface area contributed by atoms with Gasteiger partial charge in [0, 0.05) is 28.6 Å². The van der Waals surface area contributed by atoms with Gasteiger partial charge in [0.05, 0.1) is 18.0 Å². The third-order valence-corrected chi connectivity index (χ3v) is 4.95. The van der Waals surface area contributed by atoms with Gasteiger partial charge in [0.25, 0.3) is 0 Å². The van der Waals surface area contributed by atoms with Crippen molar-refractivity contribution in [3.8, 4) is 0 Å². The molecule has 0 spiro atoms. The van der Waals surface area contributed by atoms with Gasteiger partial charge in [0.15, 0.2) is 11.4 Å². The molecule has 0 aliphatic carbocycles. The van der Waals surface area contributed by atoms with E-state index in [0.29, 0.717) is 5.71 Å². The SMILES string of the molecule is BC(C)(C)N1CN(c2cccc3c2oc2ncccc23)c2ncccc21. The Morgan fingerprint density at radius 3 is 2.54 bits per heavy atom. The molecule has 5 nitrogen and oxygen atoms in total. The van der Waals surface area contributed by atoms with Crippen LogP contribution in [0.25, 0.3) is 22.1 Å². The molecule has 4 heterocycles. The predicted molar refractivity (Wildman–Crippen MR) is 108 cm³/mol. The molecule has 1 aliphatic rings. The van der Waals surface area contributed by atoms with Crippen LogP contribution in [0.2, 0.25) is 0 Å². The number of pyridine rings is 2. The topological polar surface area (TPSA) is 45.4 Å². The fraction of sp³-hybridized carbons (Fsp3) is 0.200. The summed E-state index contributed by atoms with van der Waals surface area (Å²) in [6.45, 7) is 5.18. The molecule has 5 rings (SSSR count). The van der Waals surface area contributed by atoms with Crippen LogP contribution in [0.5, 0.6) is 0 Å². The summed E-state index contributed by atoms with van der Waals surface area (Å²) in [6.07, 6.45) is 3.61. The number of para-hydroxylation sites is 1. The molecule has 1 aliphatic heterocycles. The molecule has 3 aromatic heterocycles. The lowest BCUT2D eigenvalue weighted by Gasteiger charge is -2.34. The van der Waals surface area contributed by atoms with Gasteiger partial charge in [-0.05, 0) is 44.2 Å². The minimum atomic E-state index is -0.00410. The zero-order chi connectivity index (χ0) is 17.9. The summed E-state index contributed by atoms with van der Waals surface area (Å²) >= 11 is 0. The van der Waals surface area contributed by atoms with Gasteiger partial charge in [-0.2, -0.15) is 0 Å². The van der Waals surface area contributed by atoms with E-state index >= 15 is 0 Å². The average Bonchev–Trinajstić information content (AvgIpc) is 3.20. The second-order valence-corrected chi connectivity index (χ2v) is 7.63. The Labute approximate surface area is 152 Å². The summed E-state index contributed by atoms with van der Waals surface area (Å²) in [6, 6.07) is 14.4. The van der Waals surface area contributed by atoms with Crippen LogP contribution >= 0.6 is 0 Å². The largest absolute Gasteiger partial charge is 0.436 e. The van der Waals surface area contributed by atoms with Crippen LogP contribution < -0.4 is 9.80 Å². The molecular formula is C20H19BN4O. The van der Waals surface area contributed by atoms with Crippen molar-refractivity contribution < 1.29 is 4.42 Å². The van der Waals surface area contributed by atoms with E-state index in [1.807, 2.05) is 18.3 Å². The molecule has 0 N–H and O–H groups in total. The summed E-state index contributed by atoms with van der Waals surface area (Å²) in [5.41, 5.74) is 3.69. The van der Waals surface area contributed by atoms with Gasteiger partial charge in [-0.1, -0.05) is 12.1 Å².